The van der Waals surface area contributed by atoms with E-state index in [4.69, 9.17) is 9.47 Å². The highest BCUT2D eigenvalue weighted by atomic mass is 16.5. The predicted molar refractivity (Wildman–Crippen MR) is 125 cm³/mol. The molecule has 3 aromatic carbocycles. The fourth-order valence-electron chi connectivity index (χ4n) is 3.10. The van der Waals surface area contributed by atoms with Gasteiger partial charge in [0, 0.05) is 11.3 Å². The molecule has 0 aromatic heterocycles. The van der Waals surface area contributed by atoms with Crippen LogP contribution in [-0.2, 0) is 11.4 Å². The van der Waals surface area contributed by atoms with Crippen LogP contribution in [0.15, 0.2) is 78.9 Å². The summed E-state index contributed by atoms with van der Waals surface area (Å²) in [5.41, 5.74) is 2.17. The van der Waals surface area contributed by atoms with Crippen LogP contribution >= 0.6 is 0 Å². The van der Waals surface area contributed by atoms with Gasteiger partial charge in [-0.3, -0.25) is 9.59 Å². The summed E-state index contributed by atoms with van der Waals surface area (Å²) in [6, 6.07) is 23.1. The third-order valence-electron chi connectivity index (χ3n) is 4.96. The Kier molecular flexibility index (Phi) is 7.86. The number of hydrogen-bond donors (Lipinski definition) is 2. The number of methoxy groups -OCH3 is 1. The molecule has 0 bridgehead atoms. The molecule has 1 atom stereocenters. The Bertz CT molecular complexity index is 1020. The molecule has 2 amide bonds. The van der Waals surface area contributed by atoms with E-state index in [-0.39, 0.29) is 17.7 Å². The zero-order valence-electron chi connectivity index (χ0n) is 18.5. The lowest BCUT2D eigenvalue weighted by atomic mass is 10.0. The SMILES string of the molecule is COc1ccc(C(=O)NC(C(=O)Nc2ccc(OCc3ccccc3)cc2)C(C)C)cc1. The maximum Gasteiger partial charge on any atom is 0.251 e. The number of hydrogen-bond acceptors (Lipinski definition) is 4. The molecule has 1 unspecified atom stereocenters. The van der Waals surface area contributed by atoms with Crippen molar-refractivity contribution in [1.29, 1.82) is 0 Å². The molecule has 0 saturated carbocycles. The van der Waals surface area contributed by atoms with Gasteiger partial charge in [0.25, 0.3) is 5.91 Å². The first-order valence-electron chi connectivity index (χ1n) is 10.5. The van der Waals surface area contributed by atoms with Crippen LogP contribution in [0.2, 0.25) is 0 Å². The summed E-state index contributed by atoms with van der Waals surface area (Å²) >= 11 is 0. The number of nitrogens with one attached hydrogen (secondary N) is 2. The van der Waals surface area contributed by atoms with E-state index in [2.05, 4.69) is 10.6 Å². The van der Waals surface area contributed by atoms with E-state index in [9.17, 15) is 9.59 Å². The maximum absolute atomic E-state index is 12.8. The van der Waals surface area contributed by atoms with E-state index in [0.717, 1.165) is 5.56 Å². The van der Waals surface area contributed by atoms with Gasteiger partial charge in [0.05, 0.1) is 7.11 Å². The first-order chi connectivity index (χ1) is 15.5. The van der Waals surface area contributed by atoms with E-state index < -0.39 is 6.04 Å². The number of rotatable bonds is 9. The van der Waals surface area contributed by atoms with Crippen LogP contribution in [0, 0.1) is 5.92 Å². The predicted octanol–water partition coefficient (Wildman–Crippen LogP) is 4.67. The summed E-state index contributed by atoms with van der Waals surface area (Å²) in [6.45, 7) is 4.25. The fourth-order valence-corrected chi connectivity index (χ4v) is 3.10. The lowest BCUT2D eigenvalue weighted by Gasteiger charge is -2.22. The van der Waals surface area contributed by atoms with Crippen molar-refractivity contribution >= 4 is 17.5 Å². The molecule has 2 N–H and O–H groups in total. The first kappa shape index (κ1) is 22.9. The maximum atomic E-state index is 12.8. The molecular formula is C26H28N2O4. The monoisotopic (exact) mass is 432 g/mol. The minimum atomic E-state index is -0.682. The minimum Gasteiger partial charge on any atom is -0.497 e. The molecule has 0 radical (unpaired) electrons. The molecule has 0 aliphatic rings. The lowest BCUT2D eigenvalue weighted by Crippen LogP contribution is -2.47. The molecule has 0 saturated heterocycles. The molecule has 0 aliphatic carbocycles. The van der Waals surface area contributed by atoms with Crippen LogP contribution in [0.3, 0.4) is 0 Å². The normalized spacial score (nSPS) is 11.5. The summed E-state index contributed by atoms with van der Waals surface area (Å²) in [5.74, 6) is 0.688. The number of benzene rings is 3. The van der Waals surface area contributed by atoms with Crippen LogP contribution in [0.4, 0.5) is 5.69 Å². The zero-order valence-corrected chi connectivity index (χ0v) is 18.5. The summed E-state index contributed by atoms with van der Waals surface area (Å²) < 4.78 is 10.9. The van der Waals surface area contributed by atoms with Gasteiger partial charge in [-0.05, 0) is 60.0 Å². The second kappa shape index (κ2) is 11.0. The molecular weight excluding hydrogens is 404 g/mol. The van der Waals surface area contributed by atoms with Gasteiger partial charge in [-0.2, -0.15) is 0 Å². The van der Waals surface area contributed by atoms with Crippen molar-refractivity contribution in [1.82, 2.24) is 5.32 Å². The molecule has 3 aromatic rings. The van der Waals surface area contributed by atoms with Gasteiger partial charge in [0.2, 0.25) is 5.91 Å². The topological polar surface area (TPSA) is 76.7 Å². The van der Waals surface area contributed by atoms with Crippen molar-refractivity contribution in [3.63, 3.8) is 0 Å². The van der Waals surface area contributed by atoms with Crippen molar-refractivity contribution in [2.75, 3.05) is 12.4 Å². The second-order valence-corrected chi connectivity index (χ2v) is 7.71. The quantitative estimate of drug-likeness (QED) is 0.515. The number of ether oxygens (including phenoxy) is 2. The Morgan fingerprint density at radius 3 is 2.06 bits per heavy atom. The van der Waals surface area contributed by atoms with Crippen LogP contribution in [-0.4, -0.2) is 25.0 Å². The molecule has 3 rings (SSSR count). The van der Waals surface area contributed by atoms with Gasteiger partial charge in [-0.25, -0.2) is 0 Å². The minimum absolute atomic E-state index is 0.0920. The van der Waals surface area contributed by atoms with E-state index in [1.54, 1.807) is 55.6 Å². The van der Waals surface area contributed by atoms with Crippen molar-refractivity contribution in [2.45, 2.75) is 26.5 Å². The molecule has 0 spiro atoms. The van der Waals surface area contributed by atoms with Gasteiger partial charge >= 0.3 is 0 Å². The standard InChI is InChI=1S/C26H28N2O4/c1-18(2)24(28-25(29)20-9-13-22(31-3)14-10-20)26(30)27-21-11-15-23(16-12-21)32-17-19-7-5-4-6-8-19/h4-16,18,24H,17H2,1-3H3,(H,27,30)(H,28,29). The van der Waals surface area contributed by atoms with Crippen molar-refractivity contribution < 1.29 is 19.1 Å². The van der Waals surface area contributed by atoms with Crippen LogP contribution in [0.1, 0.15) is 29.8 Å². The van der Waals surface area contributed by atoms with E-state index in [1.165, 1.54) is 0 Å². The van der Waals surface area contributed by atoms with Crippen LogP contribution in [0.25, 0.3) is 0 Å². The molecule has 0 aliphatic heterocycles. The summed E-state index contributed by atoms with van der Waals surface area (Å²) in [6.07, 6.45) is 0. The van der Waals surface area contributed by atoms with Gasteiger partial charge in [0.15, 0.2) is 0 Å². The molecule has 6 nitrogen and oxygen atoms in total. The summed E-state index contributed by atoms with van der Waals surface area (Å²) in [5, 5.41) is 5.69. The molecule has 0 heterocycles. The smallest absolute Gasteiger partial charge is 0.251 e. The highest BCUT2D eigenvalue weighted by Gasteiger charge is 2.25. The molecule has 166 valence electrons. The van der Waals surface area contributed by atoms with Crippen molar-refractivity contribution in [2.24, 2.45) is 5.92 Å². The van der Waals surface area contributed by atoms with Gasteiger partial charge < -0.3 is 20.1 Å². The Morgan fingerprint density at radius 1 is 0.844 bits per heavy atom. The zero-order chi connectivity index (χ0) is 22.9. The molecule has 32 heavy (non-hydrogen) atoms. The highest BCUT2D eigenvalue weighted by Crippen LogP contribution is 2.18. The van der Waals surface area contributed by atoms with Crippen molar-refractivity contribution in [3.05, 3.63) is 90.0 Å². The lowest BCUT2D eigenvalue weighted by molar-refractivity contribution is -0.118. The Labute approximate surface area is 188 Å². The highest BCUT2D eigenvalue weighted by molar-refractivity contribution is 6.01. The van der Waals surface area contributed by atoms with Crippen LogP contribution < -0.4 is 20.1 Å². The van der Waals surface area contributed by atoms with Crippen molar-refractivity contribution in [3.8, 4) is 11.5 Å². The first-order valence-corrected chi connectivity index (χ1v) is 10.5. The molecule has 6 heteroatoms. The van der Waals surface area contributed by atoms with E-state index in [0.29, 0.717) is 29.4 Å². The number of carbonyl (C=O) groups is 2. The van der Waals surface area contributed by atoms with E-state index in [1.807, 2.05) is 44.2 Å². The average molecular weight is 433 g/mol. The van der Waals surface area contributed by atoms with Gasteiger partial charge in [0.1, 0.15) is 24.1 Å². The van der Waals surface area contributed by atoms with E-state index >= 15 is 0 Å². The Hall–Kier alpha value is -3.80. The summed E-state index contributed by atoms with van der Waals surface area (Å²) in [4.78, 5) is 25.4. The number of anilines is 1. The average Bonchev–Trinajstić information content (AvgIpc) is 2.82. The molecule has 0 fully saturated rings. The third-order valence-corrected chi connectivity index (χ3v) is 4.96. The second-order valence-electron chi connectivity index (χ2n) is 7.71. The van der Waals surface area contributed by atoms with Gasteiger partial charge in [-0.15, -0.1) is 0 Å². The summed E-state index contributed by atoms with van der Waals surface area (Å²) in [7, 11) is 1.57. The largest absolute Gasteiger partial charge is 0.497 e. The van der Waals surface area contributed by atoms with Crippen LogP contribution in [0.5, 0.6) is 11.5 Å². The fraction of sp³-hybridized carbons (Fsp3) is 0.231. The Balaban J connectivity index is 1.58. The number of carbonyl (C=O) groups excluding carboxylic acids is 2. The Morgan fingerprint density at radius 2 is 1.47 bits per heavy atom. The third kappa shape index (κ3) is 6.35. The number of amides is 2. The van der Waals surface area contributed by atoms with Gasteiger partial charge in [-0.1, -0.05) is 44.2 Å².